The molecule has 0 bridgehead atoms. The van der Waals surface area contributed by atoms with Gasteiger partial charge in [0.15, 0.2) is 0 Å². The molecule has 0 fully saturated rings. The molecule has 0 spiro atoms. The topological polar surface area (TPSA) is 82.3 Å². The molecule has 0 aliphatic heterocycles. The van der Waals surface area contributed by atoms with Crippen molar-refractivity contribution < 1.29 is 13.9 Å². The van der Waals surface area contributed by atoms with E-state index in [0.717, 1.165) is 15.3 Å². The summed E-state index contributed by atoms with van der Waals surface area (Å²) in [6, 6.07) is 17.7. The van der Waals surface area contributed by atoms with Crippen LogP contribution in [0.2, 0.25) is 5.02 Å². The largest absolute Gasteiger partial charge is 0.495 e. The van der Waals surface area contributed by atoms with E-state index in [4.69, 9.17) is 16.3 Å². The highest BCUT2D eigenvalue weighted by molar-refractivity contribution is 7.25. The van der Waals surface area contributed by atoms with Gasteiger partial charge in [0.25, 0.3) is 5.56 Å². The highest BCUT2D eigenvalue weighted by Gasteiger charge is 2.21. The van der Waals surface area contributed by atoms with Crippen molar-refractivity contribution in [3.05, 3.63) is 98.4 Å². The number of anilines is 1. The highest BCUT2D eigenvalue weighted by atomic mass is 35.5. The van der Waals surface area contributed by atoms with Gasteiger partial charge >= 0.3 is 5.69 Å². The summed E-state index contributed by atoms with van der Waals surface area (Å²) in [5, 5.41) is 3.20. The van der Waals surface area contributed by atoms with E-state index in [0.29, 0.717) is 22.3 Å². The molecule has 5 aromatic rings. The van der Waals surface area contributed by atoms with Crippen molar-refractivity contribution in [2.45, 2.75) is 6.54 Å². The second kappa shape index (κ2) is 9.01. The molecular weight excluding hydrogens is 493 g/mol. The number of methoxy groups -OCH3 is 1. The monoisotopic (exact) mass is 509 g/mol. The molecule has 1 amide bonds. The first kappa shape index (κ1) is 22.8. The number of benzene rings is 3. The van der Waals surface area contributed by atoms with Crippen LogP contribution >= 0.6 is 22.9 Å². The lowest BCUT2D eigenvalue weighted by molar-refractivity contribution is -0.116. The number of rotatable bonds is 5. The molecule has 3 aromatic carbocycles. The SMILES string of the molecule is COc1ccccc1NC(=O)Cn1c(=O)n(-c2ccc(F)c(Cl)c2)c(=O)c2sc3ccccc3c21. The average Bonchev–Trinajstić information content (AvgIpc) is 3.24. The third-order valence-electron chi connectivity index (χ3n) is 5.50. The van der Waals surface area contributed by atoms with E-state index in [1.54, 1.807) is 36.4 Å². The lowest BCUT2D eigenvalue weighted by atomic mass is 10.2. The van der Waals surface area contributed by atoms with Crippen molar-refractivity contribution in [2.24, 2.45) is 0 Å². The molecule has 0 radical (unpaired) electrons. The third-order valence-corrected chi connectivity index (χ3v) is 6.94. The van der Waals surface area contributed by atoms with Gasteiger partial charge in [-0.15, -0.1) is 11.3 Å². The van der Waals surface area contributed by atoms with Gasteiger partial charge < -0.3 is 10.1 Å². The number of carbonyl (C=O) groups is 1. The van der Waals surface area contributed by atoms with Crippen LogP contribution in [0.15, 0.2) is 76.3 Å². The summed E-state index contributed by atoms with van der Waals surface area (Å²) in [6.07, 6.45) is 0. The van der Waals surface area contributed by atoms with Crippen LogP contribution in [0.4, 0.5) is 10.1 Å². The summed E-state index contributed by atoms with van der Waals surface area (Å²) in [7, 11) is 1.49. The molecule has 0 saturated carbocycles. The Morgan fingerprint density at radius 2 is 1.83 bits per heavy atom. The Bertz CT molecular complexity index is 1740. The van der Waals surface area contributed by atoms with Crippen molar-refractivity contribution in [2.75, 3.05) is 12.4 Å². The first-order chi connectivity index (χ1) is 16.9. The van der Waals surface area contributed by atoms with Crippen LogP contribution in [-0.4, -0.2) is 22.2 Å². The fraction of sp³-hybridized carbons (Fsp3) is 0.0800. The molecule has 0 aliphatic carbocycles. The maximum atomic E-state index is 13.8. The number of para-hydroxylation sites is 2. The summed E-state index contributed by atoms with van der Waals surface area (Å²) < 4.78 is 22.3. The van der Waals surface area contributed by atoms with Gasteiger partial charge in [0, 0.05) is 10.1 Å². The maximum Gasteiger partial charge on any atom is 0.336 e. The van der Waals surface area contributed by atoms with Crippen LogP contribution in [0.1, 0.15) is 0 Å². The minimum atomic E-state index is -0.746. The van der Waals surface area contributed by atoms with E-state index in [2.05, 4.69) is 5.32 Å². The molecule has 0 unspecified atom stereocenters. The zero-order valence-electron chi connectivity index (χ0n) is 18.2. The Labute approximate surface area is 206 Å². The second-order valence-electron chi connectivity index (χ2n) is 7.63. The van der Waals surface area contributed by atoms with Crippen molar-refractivity contribution in [3.8, 4) is 11.4 Å². The molecule has 2 heterocycles. The molecular formula is C25H17ClFN3O4S. The number of fused-ring (bicyclic) bond motifs is 3. The molecule has 7 nitrogen and oxygen atoms in total. The molecule has 176 valence electrons. The number of nitrogens with zero attached hydrogens (tertiary/aromatic N) is 2. The smallest absolute Gasteiger partial charge is 0.336 e. The zero-order chi connectivity index (χ0) is 24.7. The molecule has 35 heavy (non-hydrogen) atoms. The number of halogens is 2. The summed E-state index contributed by atoms with van der Waals surface area (Å²) >= 11 is 7.13. The van der Waals surface area contributed by atoms with Gasteiger partial charge in [0.1, 0.15) is 22.8 Å². The number of ether oxygens (including phenoxy) is 1. The van der Waals surface area contributed by atoms with Crippen LogP contribution in [0.5, 0.6) is 5.75 Å². The van der Waals surface area contributed by atoms with Gasteiger partial charge in [-0.1, -0.05) is 41.9 Å². The van der Waals surface area contributed by atoms with Crippen molar-refractivity contribution in [1.29, 1.82) is 0 Å². The molecule has 0 saturated heterocycles. The number of aromatic nitrogens is 2. The minimum Gasteiger partial charge on any atom is -0.495 e. The summed E-state index contributed by atoms with van der Waals surface area (Å²) in [4.78, 5) is 40.1. The summed E-state index contributed by atoms with van der Waals surface area (Å²) in [6.45, 7) is -0.372. The maximum absolute atomic E-state index is 13.8. The molecule has 5 rings (SSSR count). The van der Waals surface area contributed by atoms with Gasteiger partial charge in [0.2, 0.25) is 5.91 Å². The van der Waals surface area contributed by atoms with Gasteiger partial charge in [-0.05, 0) is 36.4 Å². The van der Waals surface area contributed by atoms with E-state index in [9.17, 15) is 18.8 Å². The van der Waals surface area contributed by atoms with Crippen molar-refractivity contribution >= 4 is 54.8 Å². The Balaban J connectivity index is 1.72. The minimum absolute atomic E-state index is 0.102. The second-order valence-corrected chi connectivity index (χ2v) is 9.09. The number of amides is 1. The van der Waals surface area contributed by atoms with Gasteiger partial charge in [0.05, 0.1) is 29.0 Å². The van der Waals surface area contributed by atoms with E-state index in [1.165, 1.54) is 35.1 Å². The van der Waals surface area contributed by atoms with Crippen LogP contribution in [0, 0.1) is 5.82 Å². The fourth-order valence-corrected chi connectivity index (χ4v) is 5.24. The number of hydrogen-bond donors (Lipinski definition) is 1. The Hall–Kier alpha value is -3.95. The number of carbonyl (C=O) groups excluding carboxylic acids is 1. The highest BCUT2D eigenvalue weighted by Crippen LogP contribution is 2.31. The van der Waals surface area contributed by atoms with E-state index in [1.807, 2.05) is 12.1 Å². The van der Waals surface area contributed by atoms with Gasteiger partial charge in [-0.25, -0.2) is 13.8 Å². The Morgan fingerprint density at radius 1 is 1.09 bits per heavy atom. The van der Waals surface area contributed by atoms with Crippen LogP contribution in [0.25, 0.3) is 26.0 Å². The standard InChI is InChI=1S/C25H17ClFN3O4S/c1-34-19-8-4-3-7-18(19)28-21(31)13-29-22-15-6-2-5-9-20(15)35-23(22)24(32)30(25(29)33)14-10-11-17(27)16(26)12-14/h2-12H,13H2,1H3,(H,28,31). The van der Waals surface area contributed by atoms with E-state index >= 15 is 0 Å². The quantitative estimate of drug-likeness (QED) is 0.369. The van der Waals surface area contributed by atoms with E-state index in [-0.39, 0.29) is 22.0 Å². The summed E-state index contributed by atoms with van der Waals surface area (Å²) in [5.74, 6) is -0.705. The first-order valence-corrected chi connectivity index (χ1v) is 11.6. The third kappa shape index (κ3) is 3.98. The molecule has 2 aromatic heterocycles. The number of thiophene rings is 1. The lowest BCUT2D eigenvalue weighted by Crippen LogP contribution is -2.40. The normalized spacial score (nSPS) is 11.2. The Kier molecular flexibility index (Phi) is 5.88. The molecule has 0 atom stereocenters. The fourth-order valence-electron chi connectivity index (χ4n) is 3.93. The van der Waals surface area contributed by atoms with E-state index < -0.39 is 23.0 Å². The first-order valence-electron chi connectivity index (χ1n) is 10.4. The van der Waals surface area contributed by atoms with Crippen LogP contribution in [0.3, 0.4) is 0 Å². The van der Waals surface area contributed by atoms with Crippen molar-refractivity contribution in [3.63, 3.8) is 0 Å². The molecule has 10 heteroatoms. The predicted molar refractivity (Wildman–Crippen MR) is 136 cm³/mol. The molecule has 1 N–H and O–H groups in total. The van der Waals surface area contributed by atoms with Crippen LogP contribution in [-0.2, 0) is 11.3 Å². The van der Waals surface area contributed by atoms with Crippen LogP contribution < -0.4 is 21.3 Å². The number of nitrogens with one attached hydrogen (secondary N) is 1. The van der Waals surface area contributed by atoms with Gasteiger partial charge in [-0.3, -0.25) is 14.2 Å². The predicted octanol–water partition coefficient (Wildman–Crippen LogP) is 4.81. The van der Waals surface area contributed by atoms with Gasteiger partial charge in [-0.2, -0.15) is 0 Å². The zero-order valence-corrected chi connectivity index (χ0v) is 19.8. The molecule has 0 aliphatic rings. The summed E-state index contributed by atoms with van der Waals surface area (Å²) in [5.41, 5.74) is -0.415. The average molecular weight is 510 g/mol. The lowest BCUT2D eigenvalue weighted by Gasteiger charge is -2.14. The Morgan fingerprint density at radius 3 is 2.60 bits per heavy atom. The van der Waals surface area contributed by atoms with Crippen molar-refractivity contribution in [1.82, 2.24) is 9.13 Å². The number of hydrogen-bond acceptors (Lipinski definition) is 5.